The van der Waals surface area contributed by atoms with E-state index >= 15 is 0 Å². The molecule has 1 aromatic heterocycles. The zero-order valence-corrected chi connectivity index (χ0v) is 18.6. The van der Waals surface area contributed by atoms with Crippen LogP contribution in [0.5, 0.6) is 0 Å². The number of carbonyl (C=O) groups is 2. The molecule has 0 unspecified atom stereocenters. The van der Waals surface area contributed by atoms with Gasteiger partial charge in [-0.1, -0.05) is 42.5 Å². The molecule has 1 aliphatic heterocycles. The zero-order valence-electron chi connectivity index (χ0n) is 17.8. The van der Waals surface area contributed by atoms with E-state index in [1.54, 1.807) is 23.3 Å². The van der Waals surface area contributed by atoms with Crippen LogP contribution in [0.1, 0.15) is 35.8 Å². The summed E-state index contributed by atoms with van der Waals surface area (Å²) in [7, 11) is 1.76. The van der Waals surface area contributed by atoms with Crippen LogP contribution in [0, 0.1) is 0 Å². The Bertz CT molecular complexity index is 995. The molecule has 1 N–H and O–H groups in total. The van der Waals surface area contributed by atoms with Crippen molar-refractivity contribution in [3.05, 3.63) is 65.2 Å². The fourth-order valence-corrected chi connectivity index (χ4v) is 5.08. The molecule has 1 saturated heterocycles. The summed E-state index contributed by atoms with van der Waals surface area (Å²) in [6, 6.07) is 17.9. The lowest BCUT2D eigenvalue weighted by Gasteiger charge is -2.31. The first-order chi connectivity index (χ1) is 15.1. The van der Waals surface area contributed by atoms with Gasteiger partial charge in [-0.25, -0.2) is 9.78 Å². The highest BCUT2D eigenvalue weighted by molar-refractivity contribution is 7.18. The highest BCUT2D eigenvalue weighted by Crippen LogP contribution is 2.33. The lowest BCUT2D eigenvalue weighted by Crippen LogP contribution is -2.41. The van der Waals surface area contributed by atoms with Gasteiger partial charge in [0.25, 0.3) is 0 Å². The molecule has 2 heterocycles. The van der Waals surface area contributed by atoms with Gasteiger partial charge in [0.2, 0.25) is 5.91 Å². The second-order valence-corrected chi connectivity index (χ2v) is 9.06. The largest absolute Gasteiger partial charge is 0.343 e. The third kappa shape index (κ3) is 5.41. The van der Waals surface area contributed by atoms with Crippen LogP contribution in [0.3, 0.4) is 0 Å². The molecule has 3 amide bonds. The van der Waals surface area contributed by atoms with Gasteiger partial charge in [-0.15, -0.1) is 11.3 Å². The molecule has 31 heavy (non-hydrogen) atoms. The number of carbonyl (C=O) groups excluding carboxylic acids is 2. The summed E-state index contributed by atoms with van der Waals surface area (Å²) in [6.45, 7) is 2.40. The van der Waals surface area contributed by atoms with Gasteiger partial charge in [-0.2, -0.15) is 0 Å². The van der Waals surface area contributed by atoms with Gasteiger partial charge in [0.05, 0.1) is 15.2 Å². The molecule has 0 saturated carbocycles. The van der Waals surface area contributed by atoms with E-state index in [2.05, 4.69) is 17.4 Å². The highest BCUT2D eigenvalue weighted by Gasteiger charge is 2.25. The predicted octanol–water partition coefficient (Wildman–Crippen LogP) is 4.23. The smallest absolute Gasteiger partial charge is 0.317 e. The highest BCUT2D eigenvalue weighted by atomic mass is 32.1. The number of hydrogen-bond donors (Lipinski definition) is 1. The molecule has 4 rings (SSSR count). The number of amides is 3. The van der Waals surface area contributed by atoms with Gasteiger partial charge in [0.1, 0.15) is 0 Å². The SMILES string of the molecule is CN(Cc1ccccc1)C(=O)NCCC(=O)N1CCC(c2nc3ccccc3s2)CC1. The number of piperidine rings is 1. The van der Waals surface area contributed by atoms with Crippen molar-refractivity contribution in [2.75, 3.05) is 26.7 Å². The summed E-state index contributed by atoms with van der Waals surface area (Å²) in [4.78, 5) is 33.2. The van der Waals surface area contributed by atoms with E-state index in [1.807, 2.05) is 47.4 Å². The van der Waals surface area contributed by atoms with Crippen molar-refractivity contribution < 1.29 is 9.59 Å². The van der Waals surface area contributed by atoms with Crippen LogP contribution < -0.4 is 5.32 Å². The lowest BCUT2D eigenvalue weighted by molar-refractivity contribution is -0.132. The number of rotatable bonds is 6. The van der Waals surface area contributed by atoms with Gasteiger partial charge in [0.15, 0.2) is 0 Å². The number of nitrogens with zero attached hydrogens (tertiary/aromatic N) is 3. The third-order valence-electron chi connectivity index (χ3n) is 5.73. The molecule has 1 aliphatic rings. The number of fused-ring (bicyclic) bond motifs is 1. The Morgan fingerprint density at radius 1 is 1.10 bits per heavy atom. The molecule has 3 aromatic rings. The second-order valence-electron chi connectivity index (χ2n) is 8.00. The minimum atomic E-state index is -0.161. The van der Waals surface area contributed by atoms with Gasteiger partial charge >= 0.3 is 6.03 Å². The number of hydrogen-bond acceptors (Lipinski definition) is 4. The quantitative estimate of drug-likeness (QED) is 0.629. The molecule has 2 aromatic carbocycles. The number of urea groups is 1. The van der Waals surface area contributed by atoms with Gasteiger partial charge < -0.3 is 15.1 Å². The summed E-state index contributed by atoms with van der Waals surface area (Å²) in [5, 5.41) is 4.04. The first kappa shape index (κ1) is 21.3. The summed E-state index contributed by atoms with van der Waals surface area (Å²) < 4.78 is 1.23. The molecular weight excluding hydrogens is 408 g/mol. The summed E-state index contributed by atoms with van der Waals surface area (Å²) >= 11 is 1.77. The van der Waals surface area contributed by atoms with Crippen LogP contribution >= 0.6 is 11.3 Å². The van der Waals surface area contributed by atoms with Crippen LogP contribution in [0.4, 0.5) is 4.79 Å². The second kappa shape index (κ2) is 9.92. The minimum Gasteiger partial charge on any atom is -0.343 e. The van der Waals surface area contributed by atoms with E-state index in [-0.39, 0.29) is 11.9 Å². The summed E-state index contributed by atoms with van der Waals surface area (Å²) in [5.74, 6) is 0.529. The summed E-state index contributed by atoms with van der Waals surface area (Å²) in [6.07, 6.45) is 2.21. The Labute approximate surface area is 186 Å². The maximum atomic E-state index is 12.6. The molecule has 0 bridgehead atoms. The van der Waals surface area contributed by atoms with E-state index in [0.717, 1.165) is 37.0 Å². The number of para-hydroxylation sites is 1. The monoisotopic (exact) mass is 436 g/mol. The van der Waals surface area contributed by atoms with E-state index in [1.165, 1.54) is 9.71 Å². The Morgan fingerprint density at radius 3 is 2.55 bits per heavy atom. The van der Waals surface area contributed by atoms with E-state index < -0.39 is 0 Å². The fourth-order valence-electron chi connectivity index (χ4n) is 3.94. The van der Waals surface area contributed by atoms with E-state index in [0.29, 0.717) is 25.4 Å². The molecule has 6 nitrogen and oxygen atoms in total. The molecule has 0 aliphatic carbocycles. The lowest BCUT2D eigenvalue weighted by atomic mass is 9.97. The molecular formula is C24H28N4O2S. The Balaban J connectivity index is 1.19. The normalized spacial score (nSPS) is 14.5. The predicted molar refractivity (Wildman–Crippen MR) is 124 cm³/mol. The standard InChI is InChI=1S/C24H28N4O2S/c1-27(17-18-7-3-2-4-8-18)24(30)25-14-11-22(29)28-15-12-19(13-16-28)23-26-20-9-5-6-10-21(20)31-23/h2-10,19H,11-17H2,1H3,(H,25,30). The summed E-state index contributed by atoms with van der Waals surface area (Å²) in [5.41, 5.74) is 2.14. The number of aromatic nitrogens is 1. The Kier molecular flexibility index (Phi) is 6.82. The number of likely N-dealkylation sites (tertiary alicyclic amines) is 1. The molecule has 0 spiro atoms. The van der Waals surface area contributed by atoms with Crippen LogP contribution in [0.15, 0.2) is 54.6 Å². The first-order valence-corrected chi connectivity index (χ1v) is 11.6. The fraction of sp³-hybridized carbons (Fsp3) is 0.375. The number of benzene rings is 2. The van der Waals surface area contributed by atoms with Crippen molar-refractivity contribution in [2.45, 2.75) is 31.7 Å². The maximum Gasteiger partial charge on any atom is 0.317 e. The van der Waals surface area contributed by atoms with Crippen LogP contribution in [0.25, 0.3) is 10.2 Å². The van der Waals surface area contributed by atoms with Crippen molar-refractivity contribution in [3.8, 4) is 0 Å². The Hall–Kier alpha value is -2.93. The van der Waals surface area contributed by atoms with Crippen molar-refractivity contribution in [3.63, 3.8) is 0 Å². The van der Waals surface area contributed by atoms with Crippen LogP contribution in [0.2, 0.25) is 0 Å². The topological polar surface area (TPSA) is 65.5 Å². The Morgan fingerprint density at radius 2 is 1.81 bits per heavy atom. The molecule has 0 radical (unpaired) electrons. The maximum absolute atomic E-state index is 12.6. The third-order valence-corrected chi connectivity index (χ3v) is 6.93. The van der Waals surface area contributed by atoms with Crippen molar-refractivity contribution in [2.24, 2.45) is 0 Å². The zero-order chi connectivity index (χ0) is 21.6. The van der Waals surface area contributed by atoms with Crippen molar-refractivity contribution in [1.29, 1.82) is 0 Å². The average Bonchev–Trinajstić information content (AvgIpc) is 3.24. The molecule has 1 fully saturated rings. The van der Waals surface area contributed by atoms with E-state index in [9.17, 15) is 9.59 Å². The molecule has 0 atom stereocenters. The van der Waals surface area contributed by atoms with Gasteiger partial charge in [-0.05, 0) is 30.5 Å². The molecule has 162 valence electrons. The number of nitrogens with one attached hydrogen (secondary N) is 1. The number of thiazole rings is 1. The van der Waals surface area contributed by atoms with Gasteiger partial charge in [-0.3, -0.25) is 4.79 Å². The van der Waals surface area contributed by atoms with Crippen molar-refractivity contribution >= 4 is 33.5 Å². The van der Waals surface area contributed by atoms with Gasteiger partial charge in [0, 0.05) is 45.6 Å². The first-order valence-electron chi connectivity index (χ1n) is 10.8. The van der Waals surface area contributed by atoms with Crippen LogP contribution in [-0.4, -0.2) is 53.4 Å². The van der Waals surface area contributed by atoms with E-state index in [4.69, 9.17) is 4.98 Å². The molecule has 7 heteroatoms. The van der Waals surface area contributed by atoms with Crippen molar-refractivity contribution in [1.82, 2.24) is 20.1 Å². The average molecular weight is 437 g/mol. The minimum absolute atomic E-state index is 0.105. The van der Waals surface area contributed by atoms with Crippen LogP contribution in [-0.2, 0) is 11.3 Å².